The molecule has 2 aromatic rings. The van der Waals surface area contributed by atoms with Crippen molar-refractivity contribution < 1.29 is 14.7 Å². The van der Waals surface area contributed by atoms with Gasteiger partial charge < -0.3 is 20.2 Å². The maximum atomic E-state index is 12.7. The highest BCUT2D eigenvalue weighted by molar-refractivity contribution is 5.92. The van der Waals surface area contributed by atoms with E-state index < -0.39 is 6.10 Å². The van der Waals surface area contributed by atoms with Crippen LogP contribution in [0.3, 0.4) is 0 Å². The number of carbonyl (C=O) groups is 2. The number of hydrogen-bond donors (Lipinski definition) is 2. The second-order valence-corrected chi connectivity index (χ2v) is 8.09. The molecule has 0 spiro atoms. The van der Waals surface area contributed by atoms with Crippen molar-refractivity contribution >= 4 is 17.6 Å². The molecule has 6 nitrogen and oxygen atoms in total. The van der Waals surface area contributed by atoms with Gasteiger partial charge >= 0.3 is 6.03 Å². The van der Waals surface area contributed by atoms with Gasteiger partial charge in [-0.05, 0) is 48.9 Å². The third-order valence-electron chi connectivity index (χ3n) is 5.60. The third kappa shape index (κ3) is 5.83. The number of anilines is 1. The molecule has 0 saturated carbocycles. The van der Waals surface area contributed by atoms with Gasteiger partial charge in [-0.25, -0.2) is 4.79 Å². The number of amides is 3. The molecule has 1 fully saturated rings. The number of piperidine rings is 1. The fourth-order valence-corrected chi connectivity index (χ4v) is 3.81. The summed E-state index contributed by atoms with van der Waals surface area (Å²) in [6.07, 6.45) is 2.20. The van der Waals surface area contributed by atoms with Gasteiger partial charge in [0, 0.05) is 38.8 Å². The van der Waals surface area contributed by atoms with E-state index in [1.165, 1.54) is 0 Å². The Morgan fingerprint density at radius 2 is 1.80 bits per heavy atom. The number of rotatable bonds is 6. The zero-order valence-electron chi connectivity index (χ0n) is 17.8. The number of aryl methyl sites for hydroxylation is 1. The Hall–Kier alpha value is -2.86. The number of likely N-dealkylation sites (tertiary alicyclic amines) is 1. The van der Waals surface area contributed by atoms with E-state index in [1.54, 1.807) is 23.9 Å². The van der Waals surface area contributed by atoms with Gasteiger partial charge in [-0.3, -0.25) is 4.79 Å². The zero-order valence-corrected chi connectivity index (χ0v) is 17.8. The molecule has 3 rings (SSSR count). The Morgan fingerprint density at radius 3 is 2.47 bits per heavy atom. The van der Waals surface area contributed by atoms with Crippen LogP contribution < -0.4 is 5.32 Å². The Bertz CT molecular complexity index is 846. The fraction of sp³-hybridized carbons (Fsp3) is 0.417. The molecule has 0 bridgehead atoms. The molecule has 30 heavy (non-hydrogen) atoms. The first-order valence-electron chi connectivity index (χ1n) is 10.5. The highest BCUT2D eigenvalue weighted by Crippen LogP contribution is 2.22. The van der Waals surface area contributed by atoms with Gasteiger partial charge in [0.25, 0.3) is 0 Å². The number of aliphatic hydroxyl groups excluding tert-OH is 1. The monoisotopic (exact) mass is 409 g/mol. The lowest BCUT2D eigenvalue weighted by molar-refractivity contribution is -0.121. The Labute approximate surface area is 178 Å². The van der Waals surface area contributed by atoms with Gasteiger partial charge in [-0.1, -0.05) is 42.5 Å². The van der Waals surface area contributed by atoms with E-state index in [0.29, 0.717) is 32.4 Å². The predicted molar refractivity (Wildman–Crippen MR) is 118 cm³/mol. The summed E-state index contributed by atoms with van der Waals surface area (Å²) < 4.78 is 0. The minimum atomic E-state index is -0.500. The number of hydrogen-bond acceptors (Lipinski definition) is 3. The van der Waals surface area contributed by atoms with Crippen LogP contribution in [0.1, 0.15) is 36.5 Å². The summed E-state index contributed by atoms with van der Waals surface area (Å²) in [7, 11) is 3.49. The molecular formula is C24H31N3O3. The molecule has 1 heterocycles. The minimum absolute atomic E-state index is 0.000695. The summed E-state index contributed by atoms with van der Waals surface area (Å²) in [4.78, 5) is 28.1. The number of benzene rings is 2. The molecule has 2 N–H and O–H groups in total. The molecule has 3 amide bonds. The van der Waals surface area contributed by atoms with Crippen molar-refractivity contribution in [2.24, 2.45) is 5.92 Å². The van der Waals surface area contributed by atoms with Crippen molar-refractivity contribution in [3.05, 3.63) is 65.7 Å². The van der Waals surface area contributed by atoms with Crippen molar-refractivity contribution in [2.45, 2.75) is 31.8 Å². The lowest BCUT2D eigenvalue weighted by atomic mass is 9.96. The van der Waals surface area contributed by atoms with Crippen LogP contribution in [-0.4, -0.2) is 54.0 Å². The summed E-state index contributed by atoms with van der Waals surface area (Å²) in [5, 5.41) is 13.4. The van der Waals surface area contributed by atoms with E-state index >= 15 is 0 Å². The molecule has 0 radical (unpaired) electrons. The molecule has 0 aliphatic carbocycles. The van der Waals surface area contributed by atoms with E-state index in [9.17, 15) is 14.7 Å². The van der Waals surface area contributed by atoms with E-state index in [-0.39, 0.29) is 17.9 Å². The highest BCUT2D eigenvalue weighted by atomic mass is 16.3. The first-order valence-corrected chi connectivity index (χ1v) is 10.5. The van der Waals surface area contributed by atoms with Crippen LogP contribution in [0, 0.1) is 5.92 Å². The standard InChI is InChI=1S/C24H31N3O3/c1-26(2)24(30)27-15-13-20(14-16-27)23(29)25-21-10-6-7-18(17-21)11-12-22(28)19-8-4-3-5-9-19/h3-10,17,20,22,28H,11-16H2,1-2H3,(H,25,29)/t22-/m0/s1. The van der Waals surface area contributed by atoms with E-state index in [4.69, 9.17) is 0 Å². The molecule has 1 aliphatic heterocycles. The molecule has 1 saturated heterocycles. The predicted octanol–water partition coefficient (Wildman–Crippen LogP) is 3.68. The topological polar surface area (TPSA) is 72.9 Å². The van der Waals surface area contributed by atoms with E-state index in [1.807, 2.05) is 54.6 Å². The lowest BCUT2D eigenvalue weighted by Gasteiger charge is -2.33. The number of nitrogens with one attached hydrogen (secondary N) is 1. The van der Waals surface area contributed by atoms with Gasteiger partial charge in [0.15, 0.2) is 0 Å². The largest absolute Gasteiger partial charge is 0.388 e. The number of nitrogens with zero attached hydrogens (tertiary/aromatic N) is 2. The second-order valence-electron chi connectivity index (χ2n) is 8.09. The molecule has 0 unspecified atom stereocenters. The van der Waals surface area contributed by atoms with Crippen molar-refractivity contribution in [3.63, 3.8) is 0 Å². The molecule has 6 heteroatoms. The highest BCUT2D eigenvalue weighted by Gasteiger charge is 2.28. The zero-order chi connectivity index (χ0) is 21.5. The van der Waals surface area contributed by atoms with Gasteiger partial charge in [0.1, 0.15) is 0 Å². The Balaban J connectivity index is 1.50. The smallest absolute Gasteiger partial charge is 0.319 e. The van der Waals surface area contributed by atoms with Crippen LogP contribution in [0.5, 0.6) is 0 Å². The molecule has 160 valence electrons. The Kier molecular flexibility index (Phi) is 7.46. The summed E-state index contributed by atoms with van der Waals surface area (Å²) in [6, 6.07) is 17.4. The molecular weight excluding hydrogens is 378 g/mol. The van der Waals surface area contributed by atoms with Crippen LogP contribution in [0.15, 0.2) is 54.6 Å². The van der Waals surface area contributed by atoms with Crippen molar-refractivity contribution in [1.29, 1.82) is 0 Å². The number of carbonyl (C=O) groups excluding carboxylic acids is 2. The third-order valence-corrected chi connectivity index (χ3v) is 5.60. The van der Waals surface area contributed by atoms with Gasteiger partial charge in [0.05, 0.1) is 6.10 Å². The summed E-state index contributed by atoms with van der Waals surface area (Å²) >= 11 is 0. The second kappa shape index (κ2) is 10.3. The molecule has 0 aromatic heterocycles. The van der Waals surface area contributed by atoms with Gasteiger partial charge in [-0.2, -0.15) is 0 Å². The maximum absolute atomic E-state index is 12.7. The number of aliphatic hydroxyl groups is 1. The van der Waals surface area contributed by atoms with Crippen LogP contribution in [0.25, 0.3) is 0 Å². The Morgan fingerprint density at radius 1 is 1.10 bits per heavy atom. The summed E-state index contributed by atoms with van der Waals surface area (Å²) in [5.74, 6) is -0.0757. The molecule has 1 atom stereocenters. The average molecular weight is 410 g/mol. The maximum Gasteiger partial charge on any atom is 0.319 e. The van der Waals surface area contributed by atoms with Crippen molar-refractivity contribution in [3.8, 4) is 0 Å². The van der Waals surface area contributed by atoms with E-state index in [0.717, 1.165) is 23.2 Å². The summed E-state index contributed by atoms with van der Waals surface area (Å²) in [5.41, 5.74) is 2.77. The fourth-order valence-electron chi connectivity index (χ4n) is 3.81. The van der Waals surface area contributed by atoms with Crippen molar-refractivity contribution in [2.75, 3.05) is 32.5 Å². The molecule has 1 aliphatic rings. The minimum Gasteiger partial charge on any atom is -0.388 e. The van der Waals surface area contributed by atoms with Crippen LogP contribution in [0.2, 0.25) is 0 Å². The van der Waals surface area contributed by atoms with Crippen LogP contribution in [-0.2, 0) is 11.2 Å². The van der Waals surface area contributed by atoms with Gasteiger partial charge in [0.2, 0.25) is 5.91 Å². The first-order chi connectivity index (χ1) is 14.4. The van der Waals surface area contributed by atoms with E-state index in [2.05, 4.69) is 5.32 Å². The van der Waals surface area contributed by atoms with Crippen LogP contribution in [0.4, 0.5) is 10.5 Å². The normalized spacial score (nSPS) is 15.5. The van der Waals surface area contributed by atoms with Crippen LogP contribution >= 0.6 is 0 Å². The molecule has 2 aromatic carbocycles. The quantitative estimate of drug-likeness (QED) is 0.764. The lowest BCUT2D eigenvalue weighted by Crippen LogP contribution is -2.45. The summed E-state index contributed by atoms with van der Waals surface area (Å²) in [6.45, 7) is 1.21. The number of urea groups is 1. The first kappa shape index (κ1) is 21.8. The van der Waals surface area contributed by atoms with Gasteiger partial charge in [-0.15, -0.1) is 0 Å². The SMILES string of the molecule is CN(C)C(=O)N1CCC(C(=O)Nc2cccc(CC[C@H](O)c3ccccc3)c2)CC1. The van der Waals surface area contributed by atoms with Crippen molar-refractivity contribution in [1.82, 2.24) is 9.80 Å². The average Bonchev–Trinajstić information content (AvgIpc) is 2.77.